The zero-order valence-corrected chi connectivity index (χ0v) is 20.7. The first-order valence-corrected chi connectivity index (χ1v) is 12.4. The number of carbonyl (C=O) groups is 1. The van der Waals surface area contributed by atoms with Gasteiger partial charge >= 0.3 is 0 Å². The minimum absolute atomic E-state index is 0.00771. The number of hydrogen-bond acceptors (Lipinski definition) is 7. The van der Waals surface area contributed by atoms with Crippen molar-refractivity contribution in [3.8, 4) is 17.0 Å². The molecule has 11 heteroatoms. The summed E-state index contributed by atoms with van der Waals surface area (Å²) in [5, 5.41) is 12.9. The number of aliphatic hydroxyl groups excluding tert-OH is 1. The van der Waals surface area contributed by atoms with Crippen molar-refractivity contribution in [3.63, 3.8) is 0 Å². The zero-order chi connectivity index (χ0) is 27.0. The van der Waals surface area contributed by atoms with E-state index in [1.807, 2.05) is 11.8 Å². The monoisotopic (exact) mass is 527 g/mol. The lowest BCUT2D eigenvalue weighted by Gasteiger charge is -2.40. The number of aromatic nitrogens is 2. The average Bonchev–Trinajstić information content (AvgIpc) is 3.71. The number of rotatable bonds is 7. The van der Waals surface area contributed by atoms with E-state index in [2.05, 4.69) is 15.3 Å². The van der Waals surface area contributed by atoms with E-state index < -0.39 is 46.8 Å². The van der Waals surface area contributed by atoms with E-state index in [0.717, 1.165) is 37.1 Å². The van der Waals surface area contributed by atoms with Crippen molar-refractivity contribution in [1.82, 2.24) is 9.97 Å². The predicted molar refractivity (Wildman–Crippen MR) is 135 cm³/mol. The lowest BCUT2D eigenvalue weighted by Crippen LogP contribution is -2.55. The number of anilines is 2. The van der Waals surface area contributed by atoms with Crippen LogP contribution in [0.15, 0.2) is 42.7 Å². The van der Waals surface area contributed by atoms with Gasteiger partial charge in [-0.15, -0.1) is 0 Å². The van der Waals surface area contributed by atoms with Crippen molar-refractivity contribution in [2.45, 2.75) is 31.9 Å². The Hall–Kier alpha value is -3.70. The Morgan fingerprint density at radius 1 is 1.16 bits per heavy atom. The summed E-state index contributed by atoms with van der Waals surface area (Å²) in [5.41, 5.74) is 5.49. The average molecular weight is 528 g/mol. The highest BCUT2D eigenvalue weighted by atomic mass is 19.1. The number of nitrogens with zero attached hydrogens (tertiary/aromatic N) is 3. The predicted octanol–water partition coefficient (Wildman–Crippen LogP) is 3.75. The fourth-order valence-electron chi connectivity index (χ4n) is 4.56. The van der Waals surface area contributed by atoms with Crippen LogP contribution in [0.4, 0.5) is 24.5 Å². The second kappa shape index (κ2) is 10.6. The first kappa shape index (κ1) is 25.9. The van der Waals surface area contributed by atoms with Gasteiger partial charge in [0.05, 0.1) is 35.8 Å². The third-order valence-electron chi connectivity index (χ3n) is 6.86. The third-order valence-corrected chi connectivity index (χ3v) is 6.86. The van der Waals surface area contributed by atoms with Crippen molar-refractivity contribution >= 4 is 17.3 Å². The Bertz CT molecular complexity index is 1320. The van der Waals surface area contributed by atoms with Gasteiger partial charge in [0.1, 0.15) is 34.6 Å². The number of ether oxygens (including phenoxy) is 1. The zero-order valence-electron chi connectivity index (χ0n) is 20.7. The number of nitrogens with one attached hydrogen (secondary N) is 1. The van der Waals surface area contributed by atoms with Crippen LogP contribution in [0, 0.1) is 29.3 Å². The molecule has 38 heavy (non-hydrogen) atoms. The topological polar surface area (TPSA) is 114 Å². The van der Waals surface area contributed by atoms with Crippen LogP contribution in [0.5, 0.6) is 5.75 Å². The number of nitrogens with two attached hydrogens (primary N) is 1. The second-order valence-electron chi connectivity index (χ2n) is 9.93. The van der Waals surface area contributed by atoms with Crippen LogP contribution < -0.4 is 20.7 Å². The molecule has 4 N–H and O–H groups in total. The number of amides is 1. The van der Waals surface area contributed by atoms with Crippen LogP contribution in [-0.4, -0.2) is 52.8 Å². The molecule has 5 rings (SSSR count). The Morgan fingerprint density at radius 3 is 2.58 bits per heavy atom. The summed E-state index contributed by atoms with van der Waals surface area (Å²) in [7, 11) is 0. The van der Waals surface area contributed by atoms with Gasteiger partial charge in [0, 0.05) is 43.4 Å². The molecule has 1 amide bonds. The summed E-state index contributed by atoms with van der Waals surface area (Å²) >= 11 is 0. The molecule has 0 unspecified atom stereocenters. The smallest absolute Gasteiger partial charge is 0.274 e. The summed E-state index contributed by atoms with van der Waals surface area (Å²) in [6.45, 7) is 3.10. The fraction of sp³-hybridized carbons (Fsp3) is 0.370. The van der Waals surface area contributed by atoms with Crippen molar-refractivity contribution in [2.75, 3.05) is 29.9 Å². The standard InChI is InChI=1S/C27H28F3N5O3/c1-14-11-35(12-20(31)26(14)36)23-6-7-32-10-22(23)34-27(37)21-5-4-17(28)25(33-21)24-18(29)8-16(9-19(24)30)38-13-15-2-3-15/h4-10,14-15,20,26,36H,2-3,11-13,31H2,1H3,(H,34,37)/t14-,20+,26+/m0/s1. The summed E-state index contributed by atoms with van der Waals surface area (Å²) in [4.78, 5) is 23.0. The molecule has 3 atom stereocenters. The van der Waals surface area contributed by atoms with Crippen molar-refractivity contribution < 1.29 is 27.8 Å². The largest absolute Gasteiger partial charge is 0.493 e. The number of piperidine rings is 1. The van der Waals surface area contributed by atoms with Gasteiger partial charge in [-0.1, -0.05) is 6.92 Å². The van der Waals surface area contributed by atoms with Crippen LogP contribution in [0.1, 0.15) is 30.3 Å². The molecular formula is C27H28F3N5O3. The van der Waals surface area contributed by atoms with Crippen molar-refractivity contribution in [3.05, 3.63) is 65.9 Å². The summed E-state index contributed by atoms with van der Waals surface area (Å²) in [6.07, 6.45) is 4.39. The normalized spacial score (nSPS) is 21.3. The molecule has 1 saturated heterocycles. The molecule has 1 aliphatic carbocycles. The van der Waals surface area contributed by atoms with Gasteiger partial charge in [-0.3, -0.25) is 9.78 Å². The van der Waals surface area contributed by atoms with Gasteiger partial charge in [0.25, 0.3) is 5.91 Å². The van der Waals surface area contributed by atoms with Gasteiger partial charge in [-0.05, 0) is 37.0 Å². The molecule has 2 fully saturated rings. The summed E-state index contributed by atoms with van der Waals surface area (Å²) in [5.74, 6) is -3.51. The van der Waals surface area contributed by atoms with E-state index in [0.29, 0.717) is 37.0 Å². The van der Waals surface area contributed by atoms with E-state index in [1.54, 1.807) is 12.3 Å². The van der Waals surface area contributed by atoms with E-state index in [1.165, 1.54) is 6.20 Å². The maximum atomic E-state index is 14.9. The molecule has 2 aliphatic rings. The Labute approximate surface area is 217 Å². The molecule has 3 aromatic rings. The molecule has 1 aliphatic heterocycles. The van der Waals surface area contributed by atoms with Crippen LogP contribution in [0.3, 0.4) is 0 Å². The molecule has 0 bridgehead atoms. The number of aliphatic hydroxyl groups is 1. The number of hydrogen-bond donors (Lipinski definition) is 3. The quantitative estimate of drug-likeness (QED) is 0.429. The molecule has 1 saturated carbocycles. The van der Waals surface area contributed by atoms with Gasteiger partial charge < -0.3 is 25.8 Å². The van der Waals surface area contributed by atoms with Gasteiger partial charge in [-0.25, -0.2) is 18.2 Å². The maximum Gasteiger partial charge on any atom is 0.274 e. The highest BCUT2D eigenvalue weighted by molar-refractivity contribution is 6.04. The number of carbonyl (C=O) groups excluding carboxylic acids is 1. The minimum atomic E-state index is -1.05. The van der Waals surface area contributed by atoms with Crippen LogP contribution in [0.25, 0.3) is 11.3 Å². The molecule has 0 spiro atoms. The Morgan fingerprint density at radius 2 is 1.89 bits per heavy atom. The Balaban J connectivity index is 1.39. The fourth-order valence-corrected chi connectivity index (χ4v) is 4.56. The summed E-state index contributed by atoms with van der Waals surface area (Å²) < 4.78 is 49.9. The second-order valence-corrected chi connectivity index (χ2v) is 9.93. The van der Waals surface area contributed by atoms with Gasteiger partial charge in [0.2, 0.25) is 0 Å². The molecule has 3 heterocycles. The molecule has 1 aromatic carbocycles. The molecular weight excluding hydrogens is 499 g/mol. The SMILES string of the molecule is C[C@H]1CN(c2ccncc2NC(=O)c2ccc(F)c(-c3c(F)cc(OCC4CC4)cc3F)n2)C[C@@H](N)[C@@H]1O. The lowest BCUT2D eigenvalue weighted by molar-refractivity contribution is 0.0785. The number of pyridine rings is 2. The molecule has 200 valence electrons. The number of halogens is 3. The van der Waals surface area contributed by atoms with Gasteiger partial charge in [-0.2, -0.15) is 0 Å². The van der Waals surface area contributed by atoms with Crippen molar-refractivity contribution in [1.29, 1.82) is 0 Å². The van der Waals surface area contributed by atoms with Crippen molar-refractivity contribution in [2.24, 2.45) is 17.6 Å². The lowest BCUT2D eigenvalue weighted by atomic mass is 9.92. The highest BCUT2D eigenvalue weighted by Crippen LogP contribution is 2.34. The van der Waals surface area contributed by atoms with E-state index in [-0.39, 0.29) is 17.4 Å². The maximum absolute atomic E-state index is 14.9. The Kier molecular flexibility index (Phi) is 7.22. The van der Waals surface area contributed by atoms with E-state index in [4.69, 9.17) is 10.5 Å². The summed E-state index contributed by atoms with van der Waals surface area (Å²) in [6, 6.07) is 5.25. The minimum Gasteiger partial charge on any atom is -0.493 e. The highest BCUT2D eigenvalue weighted by Gasteiger charge is 2.32. The first-order chi connectivity index (χ1) is 18.2. The van der Waals surface area contributed by atoms with Crippen LogP contribution >= 0.6 is 0 Å². The van der Waals surface area contributed by atoms with E-state index >= 15 is 0 Å². The van der Waals surface area contributed by atoms with Crippen LogP contribution in [-0.2, 0) is 0 Å². The van der Waals surface area contributed by atoms with E-state index in [9.17, 15) is 23.1 Å². The third kappa shape index (κ3) is 5.44. The number of benzene rings is 1. The molecule has 0 radical (unpaired) electrons. The molecule has 8 nitrogen and oxygen atoms in total. The molecule has 2 aromatic heterocycles. The first-order valence-electron chi connectivity index (χ1n) is 12.4. The van der Waals surface area contributed by atoms with Gasteiger partial charge in [0.15, 0.2) is 0 Å². The van der Waals surface area contributed by atoms with Crippen LogP contribution in [0.2, 0.25) is 0 Å².